The van der Waals surface area contributed by atoms with Crippen LogP contribution in [-0.4, -0.2) is 0 Å². The van der Waals surface area contributed by atoms with Crippen LogP contribution in [0, 0.1) is 6.42 Å². The molecule has 0 aliphatic heterocycles. The maximum absolute atomic E-state index is 2.39. The Bertz CT molecular complexity index is 157. The Hall–Kier alpha value is -0.260. The molecule has 0 aromatic rings. The maximum atomic E-state index is 2.39. The Kier molecular flexibility index (Phi) is 16.5. The molecule has 0 spiro atoms. The number of rotatable bonds is 14. The fourth-order valence-electron chi connectivity index (χ4n) is 2.23. The van der Waals surface area contributed by atoms with Gasteiger partial charge in [0.25, 0.3) is 0 Å². The summed E-state index contributed by atoms with van der Waals surface area (Å²) in [5, 5.41) is 0. The highest BCUT2D eigenvalue weighted by molar-refractivity contribution is 4.81. The van der Waals surface area contributed by atoms with Gasteiger partial charge >= 0.3 is 0 Å². The Morgan fingerprint density at radius 2 is 1.00 bits per heavy atom. The van der Waals surface area contributed by atoms with Gasteiger partial charge in [0.1, 0.15) is 0 Å². The quantitative estimate of drug-likeness (QED) is 0.234. The normalized spacial score (nSPS) is 11.4. The average Bonchev–Trinajstić information content (AvgIpc) is 2.39. The molecule has 0 N–H and O–H groups in total. The van der Waals surface area contributed by atoms with Crippen molar-refractivity contribution in [2.24, 2.45) is 0 Å². The van der Waals surface area contributed by atoms with Gasteiger partial charge in [-0.2, -0.15) is 0 Å². The van der Waals surface area contributed by atoms with Crippen molar-refractivity contribution in [1.82, 2.24) is 0 Å². The fourth-order valence-corrected chi connectivity index (χ4v) is 2.23. The van der Waals surface area contributed by atoms with Gasteiger partial charge in [-0.1, -0.05) is 90.2 Å². The van der Waals surface area contributed by atoms with E-state index in [1.807, 2.05) is 0 Å². The van der Waals surface area contributed by atoms with Crippen LogP contribution in [-0.2, 0) is 0 Å². The van der Waals surface area contributed by atoms with Gasteiger partial charge in [-0.25, -0.2) is 0 Å². The molecule has 0 unspecified atom stereocenters. The van der Waals surface area contributed by atoms with Crippen molar-refractivity contribution in [2.75, 3.05) is 0 Å². The third-order valence-electron chi connectivity index (χ3n) is 3.50. The van der Waals surface area contributed by atoms with Crippen molar-refractivity contribution in [3.63, 3.8) is 0 Å². The summed E-state index contributed by atoms with van der Waals surface area (Å²) in [5.74, 6) is 0. The van der Waals surface area contributed by atoms with E-state index in [0.29, 0.717) is 0 Å². The molecule has 0 fully saturated rings. The van der Waals surface area contributed by atoms with E-state index in [1.165, 1.54) is 83.5 Å². The Morgan fingerprint density at radius 3 is 1.50 bits per heavy atom. The van der Waals surface area contributed by atoms with Crippen molar-refractivity contribution in [1.29, 1.82) is 0 Å². The fraction of sp³-hybridized carbons (Fsp3) is 0.833. The second-order valence-electron chi connectivity index (χ2n) is 5.43. The highest BCUT2D eigenvalue weighted by atomic mass is 14.0. The van der Waals surface area contributed by atoms with Crippen molar-refractivity contribution in [2.45, 2.75) is 97.3 Å². The van der Waals surface area contributed by atoms with Gasteiger partial charge in [-0.3, -0.25) is 0 Å². The molecular formula is C18H35. The second kappa shape index (κ2) is 16.7. The van der Waals surface area contributed by atoms with Crippen LogP contribution in [0.15, 0.2) is 12.2 Å². The zero-order chi connectivity index (χ0) is 13.3. The molecule has 0 heteroatoms. The van der Waals surface area contributed by atoms with Crippen molar-refractivity contribution in [3.05, 3.63) is 18.6 Å². The van der Waals surface area contributed by atoms with Gasteiger partial charge < -0.3 is 0 Å². The van der Waals surface area contributed by atoms with E-state index in [9.17, 15) is 0 Å². The van der Waals surface area contributed by atoms with Crippen LogP contribution in [0.25, 0.3) is 0 Å². The molecule has 0 atom stereocenters. The molecule has 18 heavy (non-hydrogen) atoms. The minimum absolute atomic E-state index is 1.28. The molecule has 0 bridgehead atoms. The summed E-state index contributed by atoms with van der Waals surface area (Å²) < 4.78 is 0. The lowest BCUT2D eigenvalue weighted by atomic mass is 10.1. The molecule has 0 aromatic carbocycles. The molecular weight excluding hydrogens is 216 g/mol. The lowest BCUT2D eigenvalue weighted by Gasteiger charge is -2.01. The molecule has 0 nitrogen and oxygen atoms in total. The molecule has 0 saturated carbocycles. The Balaban J connectivity index is 2.96. The van der Waals surface area contributed by atoms with Gasteiger partial charge in [-0.15, -0.1) is 0 Å². The first-order valence-electron chi connectivity index (χ1n) is 8.34. The van der Waals surface area contributed by atoms with Gasteiger partial charge in [0.15, 0.2) is 0 Å². The molecule has 0 aromatic heterocycles. The van der Waals surface area contributed by atoms with E-state index >= 15 is 0 Å². The predicted octanol–water partition coefficient (Wildman–Crippen LogP) is 6.86. The van der Waals surface area contributed by atoms with Crippen LogP contribution in [0.3, 0.4) is 0 Å². The molecule has 0 saturated heterocycles. The first kappa shape index (κ1) is 17.7. The SMILES string of the molecule is C[CH]CCCCCCCCCCC=CCCCC. The zero-order valence-electron chi connectivity index (χ0n) is 12.9. The number of hydrogen-bond donors (Lipinski definition) is 0. The van der Waals surface area contributed by atoms with Crippen molar-refractivity contribution >= 4 is 0 Å². The first-order valence-corrected chi connectivity index (χ1v) is 8.34. The minimum Gasteiger partial charge on any atom is -0.0885 e. The lowest BCUT2D eigenvalue weighted by molar-refractivity contribution is 0.568. The first-order chi connectivity index (χ1) is 8.91. The summed E-state index contributed by atoms with van der Waals surface area (Å²) in [4.78, 5) is 0. The predicted molar refractivity (Wildman–Crippen MR) is 84.8 cm³/mol. The van der Waals surface area contributed by atoms with E-state index < -0.39 is 0 Å². The third kappa shape index (κ3) is 15.7. The highest BCUT2D eigenvalue weighted by Crippen LogP contribution is 2.11. The lowest BCUT2D eigenvalue weighted by Crippen LogP contribution is -1.81. The van der Waals surface area contributed by atoms with Crippen LogP contribution in [0.5, 0.6) is 0 Å². The summed E-state index contributed by atoms with van der Waals surface area (Å²) in [7, 11) is 0. The van der Waals surface area contributed by atoms with Crippen LogP contribution in [0.4, 0.5) is 0 Å². The number of unbranched alkanes of at least 4 members (excludes halogenated alkanes) is 12. The number of hydrogen-bond acceptors (Lipinski definition) is 0. The van der Waals surface area contributed by atoms with Gasteiger partial charge in [0.2, 0.25) is 0 Å². The summed E-state index contributed by atoms with van der Waals surface area (Å²) in [6, 6.07) is 0. The standard InChI is InChI=1S/C18H35/c1-3-5-7-9-11-13-15-17-18-16-14-12-10-8-6-4-2/h3,10,12H,4-9,11,13-18H2,1-2H3. The van der Waals surface area contributed by atoms with Crippen LogP contribution >= 0.6 is 0 Å². The molecule has 0 heterocycles. The third-order valence-corrected chi connectivity index (χ3v) is 3.50. The van der Waals surface area contributed by atoms with Gasteiger partial charge in [-0.05, 0) is 25.7 Å². The molecule has 0 amide bonds. The zero-order valence-corrected chi connectivity index (χ0v) is 12.9. The molecule has 0 aliphatic rings. The van der Waals surface area contributed by atoms with E-state index in [1.54, 1.807) is 0 Å². The monoisotopic (exact) mass is 251 g/mol. The van der Waals surface area contributed by atoms with E-state index in [-0.39, 0.29) is 0 Å². The summed E-state index contributed by atoms with van der Waals surface area (Å²) >= 11 is 0. The van der Waals surface area contributed by atoms with Crippen LogP contribution in [0.1, 0.15) is 97.3 Å². The molecule has 107 valence electrons. The Labute approximate surface area is 116 Å². The minimum atomic E-state index is 1.28. The van der Waals surface area contributed by atoms with Crippen LogP contribution in [0.2, 0.25) is 0 Å². The largest absolute Gasteiger partial charge is 0.0885 e. The summed E-state index contributed by atoms with van der Waals surface area (Å²) in [6.07, 6.45) is 25.1. The van der Waals surface area contributed by atoms with Crippen molar-refractivity contribution in [3.8, 4) is 0 Å². The average molecular weight is 251 g/mol. The van der Waals surface area contributed by atoms with E-state index in [2.05, 4.69) is 32.4 Å². The van der Waals surface area contributed by atoms with E-state index in [0.717, 1.165) is 0 Å². The smallest absolute Gasteiger partial charge is 0.0351 e. The van der Waals surface area contributed by atoms with Gasteiger partial charge in [0.05, 0.1) is 0 Å². The summed E-state index contributed by atoms with van der Waals surface area (Å²) in [6.45, 7) is 4.42. The van der Waals surface area contributed by atoms with Crippen LogP contribution < -0.4 is 0 Å². The summed E-state index contributed by atoms with van der Waals surface area (Å²) in [5.41, 5.74) is 0. The molecule has 0 rings (SSSR count). The molecule has 0 aliphatic carbocycles. The maximum Gasteiger partial charge on any atom is -0.0351 e. The van der Waals surface area contributed by atoms with Crippen molar-refractivity contribution < 1.29 is 0 Å². The molecule has 1 radical (unpaired) electrons. The highest BCUT2D eigenvalue weighted by Gasteiger charge is 1.91. The van der Waals surface area contributed by atoms with E-state index in [4.69, 9.17) is 0 Å². The topological polar surface area (TPSA) is 0 Å². The second-order valence-corrected chi connectivity index (χ2v) is 5.43. The number of allylic oxidation sites excluding steroid dienone is 2. The van der Waals surface area contributed by atoms with Gasteiger partial charge in [0, 0.05) is 0 Å². The Morgan fingerprint density at radius 1 is 0.556 bits per heavy atom.